The Bertz CT molecular complexity index is 512. The Labute approximate surface area is 98.0 Å². The molecule has 6 heteroatoms. The SMILES string of the molecule is CCn1cc(Oc2ncc(F)cc2CN)cn1. The van der Waals surface area contributed by atoms with Crippen LogP contribution in [0.3, 0.4) is 0 Å². The fourth-order valence-corrected chi connectivity index (χ4v) is 1.39. The highest BCUT2D eigenvalue weighted by molar-refractivity contribution is 5.30. The van der Waals surface area contributed by atoms with Gasteiger partial charge < -0.3 is 10.5 Å². The molecule has 0 aliphatic heterocycles. The first-order chi connectivity index (χ1) is 8.22. The first-order valence-electron chi connectivity index (χ1n) is 5.27. The van der Waals surface area contributed by atoms with E-state index in [2.05, 4.69) is 10.1 Å². The molecular weight excluding hydrogens is 223 g/mol. The molecule has 0 saturated heterocycles. The van der Waals surface area contributed by atoms with Crippen LogP contribution in [0.25, 0.3) is 0 Å². The van der Waals surface area contributed by atoms with E-state index in [9.17, 15) is 4.39 Å². The summed E-state index contributed by atoms with van der Waals surface area (Å²) in [6.07, 6.45) is 4.42. The molecule has 0 aliphatic carbocycles. The van der Waals surface area contributed by atoms with Gasteiger partial charge in [-0.15, -0.1) is 0 Å². The molecule has 0 spiro atoms. The van der Waals surface area contributed by atoms with Crippen molar-refractivity contribution in [2.75, 3.05) is 0 Å². The molecule has 0 atom stereocenters. The maximum Gasteiger partial charge on any atom is 0.224 e. The van der Waals surface area contributed by atoms with Crippen LogP contribution in [-0.4, -0.2) is 14.8 Å². The Balaban J connectivity index is 2.23. The van der Waals surface area contributed by atoms with E-state index in [-0.39, 0.29) is 6.54 Å². The van der Waals surface area contributed by atoms with Crippen molar-refractivity contribution < 1.29 is 9.13 Å². The normalized spacial score (nSPS) is 10.5. The number of rotatable bonds is 4. The summed E-state index contributed by atoms with van der Waals surface area (Å²) in [4.78, 5) is 3.87. The zero-order valence-corrected chi connectivity index (χ0v) is 9.43. The molecule has 0 unspecified atom stereocenters. The number of pyridine rings is 1. The molecule has 90 valence electrons. The number of ether oxygens (including phenoxy) is 1. The highest BCUT2D eigenvalue weighted by Gasteiger charge is 2.08. The molecular formula is C11H13FN4O. The van der Waals surface area contributed by atoms with E-state index in [1.807, 2.05) is 6.92 Å². The Morgan fingerprint density at radius 3 is 2.94 bits per heavy atom. The van der Waals surface area contributed by atoms with Crippen LogP contribution in [0.5, 0.6) is 11.6 Å². The van der Waals surface area contributed by atoms with Crippen molar-refractivity contribution in [1.82, 2.24) is 14.8 Å². The average Bonchev–Trinajstić information content (AvgIpc) is 2.79. The van der Waals surface area contributed by atoms with Gasteiger partial charge in [0, 0.05) is 18.7 Å². The first kappa shape index (κ1) is 11.5. The lowest BCUT2D eigenvalue weighted by Crippen LogP contribution is -2.02. The summed E-state index contributed by atoms with van der Waals surface area (Å²) < 4.78 is 20.2. The molecule has 5 nitrogen and oxygen atoms in total. The molecule has 0 saturated carbocycles. The number of aryl methyl sites for hydroxylation is 1. The molecule has 2 aromatic rings. The second-order valence-electron chi connectivity index (χ2n) is 3.46. The minimum Gasteiger partial charge on any atom is -0.435 e. The second-order valence-corrected chi connectivity index (χ2v) is 3.46. The molecule has 0 amide bonds. The summed E-state index contributed by atoms with van der Waals surface area (Å²) in [5, 5.41) is 4.06. The number of nitrogens with zero attached hydrogens (tertiary/aromatic N) is 3. The van der Waals surface area contributed by atoms with E-state index in [1.54, 1.807) is 17.1 Å². The summed E-state index contributed by atoms with van der Waals surface area (Å²) in [5.74, 6) is 0.437. The van der Waals surface area contributed by atoms with Gasteiger partial charge in [0.2, 0.25) is 5.88 Å². The summed E-state index contributed by atoms with van der Waals surface area (Å²) in [6, 6.07) is 1.31. The van der Waals surface area contributed by atoms with Gasteiger partial charge in [0.05, 0.1) is 18.6 Å². The molecule has 0 radical (unpaired) electrons. The van der Waals surface area contributed by atoms with Gasteiger partial charge in [0.15, 0.2) is 5.75 Å². The van der Waals surface area contributed by atoms with Crippen molar-refractivity contribution in [2.45, 2.75) is 20.0 Å². The van der Waals surface area contributed by atoms with Gasteiger partial charge in [-0.3, -0.25) is 4.68 Å². The topological polar surface area (TPSA) is 66.0 Å². The molecule has 2 heterocycles. The highest BCUT2D eigenvalue weighted by atomic mass is 19.1. The molecule has 2 N–H and O–H groups in total. The number of nitrogens with two attached hydrogens (primary N) is 1. The van der Waals surface area contributed by atoms with Crippen molar-refractivity contribution in [3.8, 4) is 11.6 Å². The Morgan fingerprint density at radius 2 is 2.29 bits per heavy atom. The predicted molar refractivity (Wildman–Crippen MR) is 60.1 cm³/mol. The largest absolute Gasteiger partial charge is 0.435 e. The summed E-state index contributed by atoms with van der Waals surface area (Å²) in [7, 11) is 0. The van der Waals surface area contributed by atoms with E-state index in [4.69, 9.17) is 10.5 Å². The molecule has 0 fully saturated rings. The zero-order chi connectivity index (χ0) is 12.3. The van der Waals surface area contributed by atoms with Crippen LogP contribution < -0.4 is 10.5 Å². The van der Waals surface area contributed by atoms with Crippen LogP contribution in [0.15, 0.2) is 24.7 Å². The minimum atomic E-state index is -0.429. The van der Waals surface area contributed by atoms with Crippen LogP contribution in [0.4, 0.5) is 4.39 Å². The summed E-state index contributed by atoms with van der Waals surface area (Å²) in [5.41, 5.74) is 6.02. The lowest BCUT2D eigenvalue weighted by atomic mass is 10.2. The number of hydrogen-bond donors (Lipinski definition) is 1. The smallest absolute Gasteiger partial charge is 0.224 e. The van der Waals surface area contributed by atoms with Crippen molar-refractivity contribution in [3.05, 3.63) is 36.0 Å². The minimum absolute atomic E-state index is 0.169. The summed E-state index contributed by atoms with van der Waals surface area (Å²) >= 11 is 0. The second kappa shape index (κ2) is 4.92. The maximum atomic E-state index is 12.9. The lowest BCUT2D eigenvalue weighted by molar-refractivity contribution is 0.451. The average molecular weight is 236 g/mol. The Kier molecular flexibility index (Phi) is 3.34. The van der Waals surface area contributed by atoms with Gasteiger partial charge in [0.25, 0.3) is 0 Å². The molecule has 2 rings (SSSR count). The third-order valence-corrected chi connectivity index (χ3v) is 2.26. The van der Waals surface area contributed by atoms with Crippen molar-refractivity contribution in [1.29, 1.82) is 0 Å². The Morgan fingerprint density at radius 1 is 1.47 bits per heavy atom. The van der Waals surface area contributed by atoms with Crippen LogP contribution >= 0.6 is 0 Å². The quantitative estimate of drug-likeness (QED) is 0.877. The van der Waals surface area contributed by atoms with E-state index >= 15 is 0 Å². The molecule has 0 aromatic carbocycles. The monoisotopic (exact) mass is 236 g/mol. The van der Waals surface area contributed by atoms with Crippen molar-refractivity contribution in [2.24, 2.45) is 5.73 Å². The van der Waals surface area contributed by atoms with E-state index in [0.29, 0.717) is 17.2 Å². The molecule has 17 heavy (non-hydrogen) atoms. The molecule has 0 aliphatic rings. The fraction of sp³-hybridized carbons (Fsp3) is 0.273. The van der Waals surface area contributed by atoms with Gasteiger partial charge in [-0.2, -0.15) is 5.10 Å². The van der Waals surface area contributed by atoms with Crippen molar-refractivity contribution >= 4 is 0 Å². The maximum absolute atomic E-state index is 12.9. The van der Waals surface area contributed by atoms with Crippen LogP contribution in [0, 0.1) is 5.82 Å². The number of hydrogen-bond acceptors (Lipinski definition) is 4. The van der Waals surface area contributed by atoms with E-state index in [0.717, 1.165) is 12.7 Å². The predicted octanol–water partition coefficient (Wildman–Crippen LogP) is 1.69. The highest BCUT2D eigenvalue weighted by Crippen LogP contribution is 2.22. The van der Waals surface area contributed by atoms with Crippen LogP contribution in [0.1, 0.15) is 12.5 Å². The van der Waals surface area contributed by atoms with Gasteiger partial charge in [0.1, 0.15) is 5.82 Å². The first-order valence-corrected chi connectivity index (χ1v) is 5.27. The van der Waals surface area contributed by atoms with Crippen molar-refractivity contribution in [3.63, 3.8) is 0 Å². The number of halogens is 1. The third-order valence-electron chi connectivity index (χ3n) is 2.26. The molecule has 2 aromatic heterocycles. The third kappa shape index (κ3) is 2.59. The van der Waals surface area contributed by atoms with E-state index in [1.165, 1.54) is 6.07 Å². The van der Waals surface area contributed by atoms with Gasteiger partial charge in [-0.05, 0) is 13.0 Å². The van der Waals surface area contributed by atoms with E-state index < -0.39 is 5.82 Å². The zero-order valence-electron chi connectivity index (χ0n) is 9.43. The van der Waals surface area contributed by atoms with Gasteiger partial charge >= 0.3 is 0 Å². The summed E-state index contributed by atoms with van der Waals surface area (Å²) in [6.45, 7) is 2.89. The fourth-order valence-electron chi connectivity index (χ4n) is 1.39. The van der Waals surface area contributed by atoms with Crippen LogP contribution in [-0.2, 0) is 13.1 Å². The molecule has 0 bridgehead atoms. The lowest BCUT2D eigenvalue weighted by Gasteiger charge is -2.06. The standard InChI is InChI=1S/C11H13FN4O/c1-2-16-7-10(6-15-16)17-11-8(4-13)3-9(12)5-14-11/h3,5-7H,2,4,13H2,1H3. The number of aromatic nitrogens is 3. The van der Waals surface area contributed by atoms with Gasteiger partial charge in [-0.25, -0.2) is 9.37 Å². The van der Waals surface area contributed by atoms with Crippen LogP contribution in [0.2, 0.25) is 0 Å². The Hall–Kier alpha value is -1.95. The van der Waals surface area contributed by atoms with Gasteiger partial charge in [-0.1, -0.05) is 0 Å².